The summed E-state index contributed by atoms with van der Waals surface area (Å²) in [5.41, 5.74) is 0. The Morgan fingerprint density at radius 1 is 0.750 bits per heavy atom. The van der Waals surface area contributed by atoms with Crippen LogP contribution in [0.15, 0.2) is 0 Å². The summed E-state index contributed by atoms with van der Waals surface area (Å²) in [6.45, 7) is 0. The molecular weight excluding hydrogens is 175 g/mol. The Hall–Kier alpha value is 3.14. The molecule has 0 bridgehead atoms. The van der Waals surface area contributed by atoms with Gasteiger partial charge in [-0.3, -0.25) is 0 Å². The largest absolute Gasteiger partial charge is 0 e. The van der Waals surface area contributed by atoms with Gasteiger partial charge in [0, 0.05) is 95.7 Å². The molecule has 0 aromatic heterocycles. The van der Waals surface area contributed by atoms with E-state index in [1.165, 1.54) is 0 Å². The SMILES string of the molecule is [Cu].[Na].[Na].[Zn]. The molecule has 0 N–H and O–H groups in total. The Morgan fingerprint density at radius 2 is 0.750 bits per heavy atom. The van der Waals surface area contributed by atoms with Gasteiger partial charge in [-0.1, -0.05) is 0 Å². The Balaban J connectivity index is 0. The average molecular weight is 175 g/mol. The fourth-order valence-electron chi connectivity index (χ4n) is 0. The van der Waals surface area contributed by atoms with Crippen molar-refractivity contribution < 1.29 is 36.5 Å². The number of hydrogen-bond acceptors (Lipinski definition) is 0. The molecule has 0 fully saturated rings. The first-order valence-corrected chi connectivity index (χ1v) is 0. The minimum Gasteiger partial charge on any atom is 0 e. The third-order valence-electron chi connectivity index (χ3n) is 0. The van der Waals surface area contributed by atoms with E-state index in [1.54, 1.807) is 0 Å². The first-order chi connectivity index (χ1) is 0. The fourth-order valence-corrected chi connectivity index (χ4v) is 0. The van der Waals surface area contributed by atoms with Gasteiger partial charge in [-0.05, 0) is 0 Å². The number of rotatable bonds is 0. The van der Waals surface area contributed by atoms with Crippen molar-refractivity contribution >= 4 is 59.1 Å². The van der Waals surface area contributed by atoms with Crippen LogP contribution in [0.5, 0.6) is 0 Å². The monoisotopic (exact) mass is 173 g/mol. The van der Waals surface area contributed by atoms with Gasteiger partial charge in [0.25, 0.3) is 0 Å². The quantitative estimate of drug-likeness (QED) is 0.424. The summed E-state index contributed by atoms with van der Waals surface area (Å²) in [6, 6.07) is 0. The second-order valence-electron chi connectivity index (χ2n) is 0. The van der Waals surface area contributed by atoms with Gasteiger partial charge in [0.15, 0.2) is 0 Å². The first-order valence-electron chi connectivity index (χ1n) is 0. The zero-order valence-electron chi connectivity index (χ0n) is 3.01. The van der Waals surface area contributed by atoms with E-state index in [2.05, 4.69) is 0 Å². The van der Waals surface area contributed by atoms with Crippen LogP contribution in [-0.4, -0.2) is 59.1 Å². The van der Waals surface area contributed by atoms with Crippen molar-refractivity contribution in [3.63, 3.8) is 0 Å². The molecule has 0 aromatic rings. The molecule has 4 heavy (non-hydrogen) atoms. The van der Waals surface area contributed by atoms with Gasteiger partial charge < -0.3 is 0 Å². The van der Waals surface area contributed by atoms with E-state index in [4.69, 9.17) is 0 Å². The van der Waals surface area contributed by atoms with Gasteiger partial charge in [-0.15, -0.1) is 0 Å². The van der Waals surface area contributed by atoms with Crippen molar-refractivity contribution in [2.75, 3.05) is 0 Å². The van der Waals surface area contributed by atoms with Gasteiger partial charge in [0.2, 0.25) is 0 Å². The molecule has 0 aliphatic rings. The standard InChI is InChI=1S/Cu.2Na.Zn. The molecule has 0 aromatic carbocycles. The van der Waals surface area contributed by atoms with Crippen LogP contribution in [0.25, 0.3) is 0 Å². The molecule has 0 nitrogen and oxygen atoms in total. The maximum atomic E-state index is 0. The molecule has 0 heterocycles. The molecular formula is CuNa2Zn. The van der Waals surface area contributed by atoms with Crippen LogP contribution in [-0.2, 0) is 36.5 Å². The van der Waals surface area contributed by atoms with Gasteiger partial charge in [0.05, 0.1) is 0 Å². The van der Waals surface area contributed by atoms with E-state index in [9.17, 15) is 0 Å². The normalized spacial score (nSPS) is 0. The molecule has 0 rings (SSSR count). The van der Waals surface area contributed by atoms with Crippen molar-refractivity contribution in [2.45, 2.75) is 0 Å². The van der Waals surface area contributed by atoms with E-state index in [0.717, 1.165) is 0 Å². The third kappa shape index (κ3) is 8.94. The molecule has 15 valence electrons. The number of hydrogen-bond donors (Lipinski definition) is 0. The Kier molecular flexibility index (Phi) is 112. The van der Waals surface area contributed by atoms with Crippen molar-refractivity contribution in [1.29, 1.82) is 0 Å². The van der Waals surface area contributed by atoms with Crippen molar-refractivity contribution in [3.8, 4) is 0 Å². The van der Waals surface area contributed by atoms with Gasteiger partial charge >= 0.3 is 0 Å². The predicted molar refractivity (Wildman–Crippen MR) is 11.5 cm³/mol. The third-order valence-corrected chi connectivity index (χ3v) is 0. The molecule has 0 aliphatic heterocycles. The van der Waals surface area contributed by atoms with E-state index >= 15 is 0 Å². The van der Waals surface area contributed by atoms with E-state index in [0.29, 0.717) is 0 Å². The zero-order valence-corrected chi connectivity index (χ0v) is 10.9. The molecule has 0 spiro atoms. The average Bonchev–Trinajstić information content (AvgIpc) is 0. The fraction of sp³-hybridized carbons (Fsp3) is 0. The van der Waals surface area contributed by atoms with E-state index in [1.807, 2.05) is 0 Å². The Bertz CT molecular complexity index is 6.00. The van der Waals surface area contributed by atoms with Crippen LogP contribution in [0, 0.1) is 0 Å². The molecule has 0 saturated heterocycles. The summed E-state index contributed by atoms with van der Waals surface area (Å²) in [5.74, 6) is 0. The Morgan fingerprint density at radius 3 is 0.750 bits per heavy atom. The predicted octanol–water partition coefficient (Wildman–Crippen LogP) is -0.767. The van der Waals surface area contributed by atoms with E-state index < -0.39 is 0 Å². The summed E-state index contributed by atoms with van der Waals surface area (Å²) in [4.78, 5) is 0. The van der Waals surface area contributed by atoms with E-state index in [-0.39, 0.29) is 95.7 Å². The van der Waals surface area contributed by atoms with Crippen LogP contribution in [0.3, 0.4) is 0 Å². The van der Waals surface area contributed by atoms with Crippen molar-refractivity contribution in [1.82, 2.24) is 0 Å². The molecule has 3 radical (unpaired) electrons. The molecule has 0 aliphatic carbocycles. The van der Waals surface area contributed by atoms with Crippen LogP contribution in [0.2, 0.25) is 0 Å². The second-order valence-corrected chi connectivity index (χ2v) is 0. The van der Waals surface area contributed by atoms with Gasteiger partial charge in [0.1, 0.15) is 0 Å². The summed E-state index contributed by atoms with van der Waals surface area (Å²) in [7, 11) is 0. The van der Waals surface area contributed by atoms with Crippen LogP contribution < -0.4 is 0 Å². The van der Waals surface area contributed by atoms with Gasteiger partial charge in [-0.2, -0.15) is 0 Å². The molecule has 4 heteroatoms. The smallest absolute Gasteiger partial charge is 0 e. The van der Waals surface area contributed by atoms with Crippen LogP contribution >= 0.6 is 0 Å². The van der Waals surface area contributed by atoms with Crippen LogP contribution in [0.1, 0.15) is 0 Å². The zero-order chi connectivity index (χ0) is 0. The minimum absolute atomic E-state index is 0. The Labute approximate surface area is 93.7 Å². The second kappa shape index (κ2) is 16.4. The van der Waals surface area contributed by atoms with Gasteiger partial charge in [-0.25, -0.2) is 0 Å². The molecule has 0 amide bonds. The summed E-state index contributed by atoms with van der Waals surface area (Å²) >= 11 is 0. The van der Waals surface area contributed by atoms with Crippen LogP contribution in [0.4, 0.5) is 0 Å². The first kappa shape index (κ1) is 27.3. The summed E-state index contributed by atoms with van der Waals surface area (Å²) in [6.07, 6.45) is 0. The topological polar surface area (TPSA) is 0 Å². The minimum atomic E-state index is 0. The maximum absolute atomic E-state index is 0. The summed E-state index contributed by atoms with van der Waals surface area (Å²) in [5, 5.41) is 0. The summed E-state index contributed by atoms with van der Waals surface area (Å²) < 4.78 is 0. The van der Waals surface area contributed by atoms with Crippen molar-refractivity contribution in [2.24, 2.45) is 0 Å². The van der Waals surface area contributed by atoms with Crippen molar-refractivity contribution in [3.05, 3.63) is 0 Å². The molecule has 0 atom stereocenters. The maximum Gasteiger partial charge on any atom is 0 e. The molecule has 0 saturated carbocycles. The molecule has 0 unspecified atom stereocenters.